The zero-order chi connectivity index (χ0) is 15.5. The highest BCUT2D eigenvalue weighted by Crippen LogP contribution is 2.24. The van der Waals surface area contributed by atoms with Crippen LogP contribution in [0.4, 0.5) is 5.82 Å². The van der Waals surface area contributed by atoms with Gasteiger partial charge in [-0.25, -0.2) is 18.1 Å². The molecule has 2 atom stereocenters. The van der Waals surface area contributed by atoms with E-state index in [9.17, 15) is 13.5 Å². The standard InChI is InChI=1S/C13H20ClN3O3S/c1-15-13-10(14)7-9(8-16-13)21(19,20)17-11-5-3-2-4-6-12(11)18/h7-8,11-12,17-18H,2-6H2,1H3,(H,15,16). The first kappa shape index (κ1) is 16.5. The van der Waals surface area contributed by atoms with Gasteiger partial charge < -0.3 is 10.4 Å². The van der Waals surface area contributed by atoms with Crippen molar-refractivity contribution < 1.29 is 13.5 Å². The topological polar surface area (TPSA) is 91.3 Å². The number of aliphatic hydroxyl groups excluding tert-OH is 1. The van der Waals surface area contributed by atoms with E-state index in [4.69, 9.17) is 11.6 Å². The Labute approximate surface area is 130 Å². The van der Waals surface area contributed by atoms with Crippen molar-refractivity contribution in [3.05, 3.63) is 17.3 Å². The molecule has 0 amide bonds. The third-order valence-corrected chi connectivity index (χ3v) is 5.39. The van der Waals surface area contributed by atoms with E-state index in [2.05, 4.69) is 15.0 Å². The lowest BCUT2D eigenvalue weighted by atomic mass is 10.1. The van der Waals surface area contributed by atoms with Crippen LogP contribution < -0.4 is 10.0 Å². The number of hydrogen-bond acceptors (Lipinski definition) is 5. The zero-order valence-electron chi connectivity index (χ0n) is 11.8. The van der Waals surface area contributed by atoms with Crippen LogP contribution in [0.25, 0.3) is 0 Å². The second-order valence-corrected chi connectivity index (χ2v) is 7.31. The van der Waals surface area contributed by atoms with Crippen LogP contribution in [0.1, 0.15) is 32.1 Å². The number of halogens is 1. The van der Waals surface area contributed by atoms with Gasteiger partial charge in [0.05, 0.1) is 11.1 Å². The smallest absolute Gasteiger partial charge is 0.242 e. The molecular weight excluding hydrogens is 314 g/mol. The Hall–Kier alpha value is -0.890. The number of aliphatic hydroxyl groups is 1. The Bertz CT molecular complexity index is 594. The molecule has 1 aromatic heterocycles. The van der Waals surface area contributed by atoms with Crippen LogP contribution in [-0.4, -0.2) is 37.7 Å². The molecule has 0 aromatic carbocycles. The third kappa shape index (κ3) is 4.06. The molecule has 118 valence electrons. The Balaban J connectivity index is 2.19. The molecule has 3 N–H and O–H groups in total. The van der Waals surface area contributed by atoms with E-state index < -0.39 is 22.2 Å². The SMILES string of the molecule is CNc1ncc(S(=O)(=O)NC2CCCCCC2O)cc1Cl. The number of aromatic nitrogens is 1. The van der Waals surface area contributed by atoms with E-state index in [-0.39, 0.29) is 9.92 Å². The Kier molecular flexibility index (Phi) is 5.43. The zero-order valence-corrected chi connectivity index (χ0v) is 13.4. The molecule has 0 aliphatic heterocycles. The molecule has 1 aliphatic rings. The van der Waals surface area contributed by atoms with E-state index >= 15 is 0 Å². The predicted molar refractivity (Wildman–Crippen MR) is 82.0 cm³/mol. The minimum atomic E-state index is -3.74. The maximum absolute atomic E-state index is 12.4. The maximum Gasteiger partial charge on any atom is 0.242 e. The van der Waals surface area contributed by atoms with Crippen LogP contribution in [0, 0.1) is 0 Å². The van der Waals surface area contributed by atoms with Crippen molar-refractivity contribution in [2.24, 2.45) is 0 Å². The van der Waals surface area contributed by atoms with Crippen molar-refractivity contribution in [1.29, 1.82) is 0 Å². The summed E-state index contributed by atoms with van der Waals surface area (Å²) in [6, 6.07) is 0.895. The average molecular weight is 334 g/mol. The van der Waals surface area contributed by atoms with Crippen LogP contribution in [0.3, 0.4) is 0 Å². The molecule has 1 fully saturated rings. The van der Waals surface area contributed by atoms with Crippen LogP contribution in [-0.2, 0) is 10.0 Å². The number of hydrogen-bond donors (Lipinski definition) is 3. The fourth-order valence-electron chi connectivity index (χ4n) is 2.44. The first-order valence-electron chi connectivity index (χ1n) is 6.98. The summed E-state index contributed by atoms with van der Waals surface area (Å²) in [6.45, 7) is 0. The second-order valence-electron chi connectivity index (χ2n) is 5.18. The Morgan fingerprint density at radius 2 is 2.05 bits per heavy atom. The highest BCUT2D eigenvalue weighted by Gasteiger charge is 2.27. The first-order chi connectivity index (χ1) is 9.94. The fourth-order valence-corrected chi connectivity index (χ4v) is 4.04. The van der Waals surface area contributed by atoms with Crippen molar-refractivity contribution in [2.45, 2.75) is 49.1 Å². The van der Waals surface area contributed by atoms with E-state index in [1.807, 2.05) is 0 Å². The molecule has 0 bridgehead atoms. The van der Waals surface area contributed by atoms with Gasteiger partial charge in [-0.2, -0.15) is 0 Å². The van der Waals surface area contributed by atoms with Crippen molar-refractivity contribution in [1.82, 2.24) is 9.71 Å². The summed E-state index contributed by atoms with van der Waals surface area (Å²) in [5.74, 6) is 0.421. The van der Waals surface area contributed by atoms with Crippen LogP contribution in [0.5, 0.6) is 0 Å². The molecule has 1 saturated carbocycles. The first-order valence-corrected chi connectivity index (χ1v) is 8.84. The largest absolute Gasteiger partial charge is 0.391 e. The van der Waals surface area contributed by atoms with Crippen molar-refractivity contribution in [3.8, 4) is 0 Å². The van der Waals surface area contributed by atoms with Gasteiger partial charge >= 0.3 is 0 Å². The van der Waals surface area contributed by atoms with E-state index in [0.29, 0.717) is 18.7 Å². The molecule has 0 spiro atoms. The van der Waals surface area contributed by atoms with Gasteiger partial charge in [-0.1, -0.05) is 30.9 Å². The quantitative estimate of drug-likeness (QED) is 0.730. The lowest BCUT2D eigenvalue weighted by molar-refractivity contribution is 0.130. The van der Waals surface area contributed by atoms with Gasteiger partial charge in [-0.15, -0.1) is 0 Å². The molecule has 1 heterocycles. The summed E-state index contributed by atoms with van der Waals surface area (Å²) in [5.41, 5.74) is 0. The number of pyridine rings is 1. The monoisotopic (exact) mass is 333 g/mol. The summed E-state index contributed by atoms with van der Waals surface area (Å²) in [7, 11) is -2.09. The maximum atomic E-state index is 12.4. The summed E-state index contributed by atoms with van der Waals surface area (Å²) in [5, 5.41) is 13.0. The van der Waals surface area contributed by atoms with Gasteiger partial charge in [0.25, 0.3) is 0 Å². The third-order valence-electron chi connectivity index (χ3n) is 3.65. The summed E-state index contributed by atoms with van der Waals surface area (Å²) >= 11 is 5.97. The van der Waals surface area contributed by atoms with Crippen molar-refractivity contribution in [3.63, 3.8) is 0 Å². The van der Waals surface area contributed by atoms with E-state index in [1.54, 1.807) is 7.05 Å². The van der Waals surface area contributed by atoms with Gasteiger partial charge in [0.15, 0.2) is 0 Å². The van der Waals surface area contributed by atoms with E-state index in [1.165, 1.54) is 12.3 Å². The molecule has 2 unspecified atom stereocenters. The molecule has 1 aromatic rings. The van der Waals surface area contributed by atoms with Gasteiger partial charge in [0.1, 0.15) is 10.7 Å². The number of sulfonamides is 1. The normalized spacial score (nSPS) is 23.6. The molecular formula is C13H20ClN3O3S. The van der Waals surface area contributed by atoms with Gasteiger partial charge in [0.2, 0.25) is 10.0 Å². The second kappa shape index (κ2) is 6.91. The minimum Gasteiger partial charge on any atom is -0.391 e. The molecule has 21 heavy (non-hydrogen) atoms. The Morgan fingerprint density at radius 3 is 2.71 bits per heavy atom. The van der Waals surface area contributed by atoms with Gasteiger partial charge in [0, 0.05) is 19.3 Å². The van der Waals surface area contributed by atoms with Crippen LogP contribution in [0.15, 0.2) is 17.2 Å². The molecule has 2 rings (SSSR count). The summed E-state index contributed by atoms with van der Waals surface area (Å²) < 4.78 is 27.3. The van der Waals surface area contributed by atoms with Crippen LogP contribution >= 0.6 is 11.6 Å². The van der Waals surface area contributed by atoms with Crippen molar-refractivity contribution in [2.75, 3.05) is 12.4 Å². The van der Waals surface area contributed by atoms with E-state index in [0.717, 1.165) is 19.3 Å². The van der Waals surface area contributed by atoms with Crippen molar-refractivity contribution >= 4 is 27.4 Å². The molecule has 6 nitrogen and oxygen atoms in total. The molecule has 1 aliphatic carbocycles. The highest BCUT2D eigenvalue weighted by molar-refractivity contribution is 7.89. The number of anilines is 1. The number of rotatable bonds is 4. The average Bonchev–Trinajstić information content (AvgIpc) is 2.64. The lowest BCUT2D eigenvalue weighted by Gasteiger charge is -2.21. The molecule has 8 heteroatoms. The van der Waals surface area contributed by atoms with Gasteiger partial charge in [-0.3, -0.25) is 0 Å². The fraction of sp³-hybridized carbons (Fsp3) is 0.615. The molecule has 0 saturated heterocycles. The van der Waals surface area contributed by atoms with Crippen LogP contribution in [0.2, 0.25) is 5.02 Å². The number of nitrogens with one attached hydrogen (secondary N) is 2. The summed E-state index contributed by atoms with van der Waals surface area (Å²) in [6.07, 6.45) is 4.69. The number of nitrogens with zero attached hydrogens (tertiary/aromatic N) is 1. The van der Waals surface area contributed by atoms with Gasteiger partial charge in [-0.05, 0) is 18.9 Å². The highest BCUT2D eigenvalue weighted by atomic mass is 35.5. The summed E-state index contributed by atoms with van der Waals surface area (Å²) in [4.78, 5) is 3.97. The Morgan fingerprint density at radius 1 is 1.33 bits per heavy atom. The minimum absolute atomic E-state index is 0.00273. The molecule has 0 radical (unpaired) electrons. The predicted octanol–water partition coefficient (Wildman–Crippen LogP) is 1.75. The lowest BCUT2D eigenvalue weighted by Crippen LogP contribution is -2.42.